The van der Waals surface area contributed by atoms with E-state index in [1.54, 1.807) is 0 Å². The number of fused-ring (bicyclic) bond motifs is 2. The first-order valence-corrected chi connectivity index (χ1v) is 14.3. The fourth-order valence-electron chi connectivity index (χ4n) is 6.05. The molecule has 0 bridgehead atoms. The molecule has 5 heterocycles. The highest BCUT2D eigenvalue weighted by molar-refractivity contribution is 6.30. The second-order valence-corrected chi connectivity index (χ2v) is 12.6. The molecule has 0 radical (unpaired) electrons. The van der Waals surface area contributed by atoms with Crippen molar-refractivity contribution in [1.82, 2.24) is 29.0 Å². The Balaban J connectivity index is 1.53. The lowest BCUT2D eigenvalue weighted by atomic mass is 9.99. The number of pyridine rings is 1. The van der Waals surface area contributed by atoms with Crippen LogP contribution in [0.1, 0.15) is 92.1 Å². The van der Waals surface area contributed by atoms with Crippen LogP contribution in [0.15, 0.2) is 42.6 Å². The summed E-state index contributed by atoms with van der Waals surface area (Å²) < 4.78 is 4.23. The Morgan fingerprint density at radius 3 is 2.42 bits per heavy atom. The van der Waals surface area contributed by atoms with Crippen molar-refractivity contribution in [2.45, 2.75) is 72.5 Å². The van der Waals surface area contributed by atoms with E-state index in [1.165, 1.54) is 5.57 Å². The lowest BCUT2D eigenvalue weighted by Crippen LogP contribution is -2.43. The van der Waals surface area contributed by atoms with E-state index in [9.17, 15) is 4.79 Å². The predicted molar refractivity (Wildman–Crippen MR) is 159 cm³/mol. The number of carbonyl (C=O) groups excluding carboxylic acids is 1. The largest absolute Gasteiger partial charge is 0.323 e. The van der Waals surface area contributed by atoms with Gasteiger partial charge in [0.25, 0.3) is 5.91 Å². The van der Waals surface area contributed by atoms with Crippen LogP contribution in [0.25, 0.3) is 11.2 Å². The average molecular weight is 558 g/mol. The normalized spacial score (nSPS) is 18.2. The monoisotopic (exact) mass is 557 g/mol. The van der Waals surface area contributed by atoms with Crippen molar-refractivity contribution in [2.75, 3.05) is 18.0 Å². The Hall–Kier alpha value is -3.49. The van der Waals surface area contributed by atoms with Crippen molar-refractivity contribution in [3.05, 3.63) is 81.8 Å². The van der Waals surface area contributed by atoms with Crippen LogP contribution in [-0.4, -0.2) is 53.6 Å². The molecule has 4 aromatic rings. The van der Waals surface area contributed by atoms with Gasteiger partial charge in [0.2, 0.25) is 0 Å². The molecule has 1 unspecified atom stereocenters. The summed E-state index contributed by atoms with van der Waals surface area (Å²) in [5, 5.41) is 9.22. The first kappa shape index (κ1) is 26.7. The fraction of sp³-hybridized carbons (Fsp3) is 0.419. The second-order valence-electron chi connectivity index (χ2n) is 12.2. The first-order chi connectivity index (χ1) is 19.0. The van der Waals surface area contributed by atoms with Crippen LogP contribution in [-0.2, 0) is 0 Å². The van der Waals surface area contributed by atoms with E-state index < -0.39 is 0 Å². The zero-order valence-corrected chi connectivity index (χ0v) is 25.0. The molecule has 8 nitrogen and oxygen atoms in total. The van der Waals surface area contributed by atoms with E-state index in [0.717, 1.165) is 59.3 Å². The van der Waals surface area contributed by atoms with Crippen molar-refractivity contribution >= 4 is 34.4 Å². The molecule has 208 valence electrons. The molecule has 3 aromatic heterocycles. The number of imidazole rings is 1. The summed E-state index contributed by atoms with van der Waals surface area (Å²) >= 11 is 6.30. The molecule has 0 aliphatic carbocycles. The van der Waals surface area contributed by atoms with Gasteiger partial charge in [0.05, 0.1) is 11.4 Å². The molecule has 6 rings (SSSR count). The third-order valence-electron chi connectivity index (χ3n) is 8.16. The third-order valence-corrected chi connectivity index (χ3v) is 8.41. The summed E-state index contributed by atoms with van der Waals surface area (Å²) in [5.41, 5.74) is 6.26. The molecule has 0 saturated heterocycles. The maximum absolute atomic E-state index is 14.3. The van der Waals surface area contributed by atoms with Crippen LogP contribution in [0.3, 0.4) is 0 Å². The number of rotatable bonds is 4. The zero-order valence-electron chi connectivity index (χ0n) is 24.2. The van der Waals surface area contributed by atoms with E-state index in [4.69, 9.17) is 16.6 Å². The number of hydrogen-bond donors (Lipinski definition) is 0. The van der Waals surface area contributed by atoms with Gasteiger partial charge in [-0.1, -0.05) is 29.8 Å². The Morgan fingerprint density at radius 2 is 1.80 bits per heavy atom. The van der Waals surface area contributed by atoms with Crippen molar-refractivity contribution in [3.8, 4) is 0 Å². The van der Waals surface area contributed by atoms with E-state index in [2.05, 4.69) is 60.4 Å². The smallest absolute Gasteiger partial charge is 0.279 e. The molecule has 1 amide bonds. The molecule has 0 spiro atoms. The Kier molecular flexibility index (Phi) is 6.39. The maximum Gasteiger partial charge on any atom is 0.279 e. The minimum atomic E-state index is -0.354. The topological polar surface area (TPSA) is 71.6 Å². The maximum atomic E-state index is 14.3. The molecule has 0 N–H and O–H groups in total. The number of benzene rings is 1. The summed E-state index contributed by atoms with van der Waals surface area (Å²) in [5.74, 6) is 1.57. The summed E-state index contributed by atoms with van der Waals surface area (Å²) in [7, 11) is 0. The van der Waals surface area contributed by atoms with Crippen molar-refractivity contribution < 1.29 is 4.79 Å². The molecule has 0 saturated carbocycles. The average Bonchev–Trinajstić information content (AvgIpc) is 3.56. The minimum Gasteiger partial charge on any atom is -0.323 e. The van der Waals surface area contributed by atoms with Crippen LogP contribution >= 0.6 is 11.6 Å². The second kappa shape index (κ2) is 9.56. The highest BCUT2D eigenvalue weighted by Gasteiger charge is 2.45. The number of carbonyl (C=O) groups is 1. The standard InChI is InChI=1S/C31H36ClN7O/c1-18(2)38-27-25(33-29(38)22-12-14-36(15-13-22)31(5,6)7)30(40)39(26(27)21-8-10-23(32)11-9-21)24-16-19(3)28-35-34-20(4)37(28)17-24/h8-12,16-18,26H,13-15H2,1-7H3. The van der Waals surface area contributed by atoms with Crippen molar-refractivity contribution in [2.24, 2.45) is 0 Å². The van der Waals surface area contributed by atoms with Crippen LogP contribution in [0, 0.1) is 13.8 Å². The highest BCUT2D eigenvalue weighted by atomic mass is 35.5. The van der Waals surface area contributed by atoms with Gasteiger partial charge in [-0.05, 0) is 89.8 Å². The van der Waals surface area contributed by atoms with Gasteiger partial charge in [0, 0.05) is 35.9 Å². The van der Waals surface area contributed by atoms with Gasteiger partial charge >= 0.3 is 0 Å². The van der Waals surface area contributed by atoms with Crippen LogP contribution < -0.4 is 4.90 Å². The van der Waals surface area contributed by atoms with E-state index in [1.807, 2.05) is 59.7 Å². The van der Waals surface area contributed by atoms with Gasteiger partial charge in [0.1, 0.15) is 17.7 Å². The Labute approximate surface area is 240 Å². The molecule has 2 aliphatic rings. The summed E-state index contributed by atoms with van der Waals surface area (Å²) in [4.78, 5) is 23.8. The van der Waals surface area contributed by atoms with Gasteiger partial charge in [-0.2, -0.15) is 0 Å². The van der Waals surface area contributed by atoms with Crippen LogP contribution in [0.2, 0.25) is 5.02 Å². The van der Waals surface area contributed by atoms with Gasteiger partial charge < -0.3 is 4.57 Å². The molecule has 0 fully saturated rings. The fourth-order valence-corrected chi connectivity index (χ4v) is 6.17. The number of anilines is 1. The van der Waals surface area contributed by atoms with Crippen molar-refractivity contribution in [1.29, 1.82) is 0 Å². The van der Waals surface area contributed by atoms with Crippen LogP contribution in [0.5, 0.6) is 0 Å². The molecule has 1 atom stereocenters. The Morgan fingerprint density at radius 1 is 1.07 bits per heavy atom. The summed E-state index contributed by atoms with van der Waals surface area (Å²) in [6.45, 7) is 16.8. The minimum absolute atomic E-state index is 0.104. The highest BCUT2D eigenvalue weighted by Crippen LogP contribution is 2.45. The first-order valence-electron chi connectivity index (χ1n) is 13.9. The van der Waals surface area contributed by atoms with Crippen molar-refractivity contribution in [3.63, 3.8) is 0 Å². The lowest BCUT2D eigenvalue weighted by Gasteiger charge is -2.37. The summed E-state index contributed by atoms with van der Waals surface area (Å²) in [6, 6.07) is 9.57. The Bertz CT molecular complexity index is 1660. The number of nitrogens with zero attached hydrogens (tertiary/aromatic N) is 7. The van der Waals surface area contributed by atoms with E-state index in [-0.39, 0.29) is 23.5 Å². The van der Waals surface area contributed by atoms with Gasteiger partial charge in [-0.3, -0.25) is 19.0 Å². The SMILES string of the molecule is Cc1cc(N2C(=O)c3nc(C4=CCN(C(C)(C)C)CC4)n(C(C)C)c3C2c2ccc(Cl)cc2)cn2c(C)nnc12. The third kappa shape index (κ3) is 4.25. The lowest BCUT2D eigenvalue weighted by molar-refractivity contribution is 0.0989. The predicted octanol–water partition coefficient (Wildman–Crippen LogP) is 6.41. The summed E-state index contributed by atoms with van der Waals surface area (Å²) in [6.07, 6.45) is 5.14. The molecule has 9 heteroatoms. The molecule has 2 aliphatic heterocycles. The molecule has 40 heavy (non-hydrogen) atoms. The number of aromatic nitrogens is 5. The molecular formula is C31H36ClN7O. The van der Waals surface area contributed by atoms with E-state index >= 15 is 0 Å². The zero-order chi connectivity index (χ0) is 28.5. The molecule has 1 aromatic carbocycles. The van der Waals surface area contributed by atoms with Gasteiger partial charge in [0.15, 0.2) is 11.3 Å². The number of amides is 1. The quantitative estimate of drug-likeness (QED) is 0.290. The van der Waals surface area contributed by atoms with E-state index in [0.29, 0.717) is 10.7 Å². The number of hydrogen-bond acceptors (Lipinski definition) is 5. The van der Waals surface area contributed by atoms with Crippen LogP contribution in [0.4, 0.5) is 5.69 Å². The number of aryl methyl sites for hydroxylation is 2. The number of halogens is 1. The van der Waals surface area contributed by atoms with Gasteiger partial charge in [-0.25, -0.2) is 4.98 Å². The van der Waals surface area contributed by atoms with Gasteiger partial charge in [-0.15, -0.1) is 10.2 Å². The molecular weight excluding hydrogens is 522 g/mol.